The van der Waals surface area contributed by atoms with Crippen LogP contribution in [-0.2, 0) is 11.3 Å². The summed E-state index contributed by atoms with van der Waals surface area (Å²) in [6.07, 6.45) is 0. The van der Waals surface area contributed by atoms with Crippen LogP contribution in [-0.4, -0.2) is 5.97 Å². The average Bonchev–Trinajstić information content (AvgIpc) is 2.41. The van der Waals surface area contributed by atoms with Gasteiger partial charge in [-0.05, 0) is 48.4 Å². The van der Waals surface area contributed by atoms with Gasteiger partial charge >= 0.3 is 5.97 Å². The van der Waals surface area contributed by atoms with E-state index in [1.165, 1.54) is 0 Å². The highest BCUT2D eigenvalue weighted by molar-refractivity contribution is 9.10. The van der Waals surface area contributed by atoms with Crippen molar-refractivity contribution in [2.24, 2.45) is 0 Å². The third kappa shape index (κ3) is 3.58. The SMILES string of the molecule is Cc1cc(C(=O)OCc2ccc(Br)cc2)ccc1N. The van der Waals surface area contributed by atoms with Gasteiger partial charge in [0.1, 0.15) is 6.61 Å². The molecule has 2 aromatic rings. The number of carbonyl (C=O) groups is 1. The van der Waals surface area contributed by atoms with Crippen LogP contribution < -0.4 is 5.73 Å². The van der Waals surface area contributed by atoms with Crippen molar-refractivity contribution in [3.63, 3.8) is 0 Å². The summed E-state index contributed by atoms with van der Waals surface area (Å²) < 4.78 is 6.25. The lowest BCUT2D eigenvalue weighted by Crippen LogP contribution is -2.06. The summed E-state index contributed by atoms with van der Waals surface area (Å²) in [5.41, 5.74) is 8.72. The van der Waals surface area contributed by atoms with Gasteiger partial charge in [0, 0.05) is 10.2 Å². The van der Waals surface area contributed by atoms with E-state index in [1.807, 2.05) is 31.2 Å². The van der Waals surface area contributed by atoms with Crippen molar-refractivity contribution in [2.45, 2.75) is 13.5 Å². The molecule has 0 saturated carbocycles. The maximum Gasteiger partial charge on any atom is 0.338 e. The molecule has 0 fully saturated rings. The maximum atomic E-state index is 11.9. The summed E-state index contributed by atoms with van der Waals surface area (Å²) in [5, 5.41) is 0. The third-order valence-corrected chi connectivity index (χ3v) is 3.32. The third-order valence-electron chi connectivity index (χ3n) is 2.79. The molecule has 0 unspecified atom stereocenters. The zero-order valence-electron chi connectivity index (χ0n) is 10.5. The Labute approximate surface area is 120 Å². The molecule has 98 valence electrons. The van der Waals surface area contributed by atoms with E-state index in [1.54, 1.807) is 18.2 Å². The number of hydrogen-bond acceptors (Lipinski definition) is 3. The first-order chi connectivity index (χ1) is 9.06. The first-order valence-electron chi connectivity index (χ1n) is 5.84. The molecule has 0 heterocycles. The summed E-state index contributed by atoms with van der Waals surface area (Å²) in [4.78, 5) is 11.9. The second kappa shape index (κ2) is 5.89. The number of hydrogen-bond donors (Lipinski definition) is 1. The predicted molar refractivity (Wildman–Crippen MR) is 78.9 cm³/mol. The van der Waals surface area contributed by atoms with Crippen LogP contribution in [0.15, 0.2) is 46.9 Å². The molecule has 0 amide bonds. The fourth-order valence-corrected chi connectivity index (χ4v) is 1.88. The van der Waals surface area contributed by atoms with E-state index >= 15 is 0 Å². The van der Waals surface area contributed by atoms with Crippen LogP contribution in [0, 0.1) is 6.92 Å². The van der Waals surface area contributed by atoms with Crippen molar-refractivity contribution in [1.29, 1.82) is 0 Å². The van der Waals surface area contributed by atoms with Crippen LogP contribution >= 0.6 is 15.9 Å². The zero-order chi connectivity index (χ0) is 13.8. The molecule has 0 bridgehead atoms. The molecule has 4 heteroatoms. The molecular formula is C15H14BrNO2. The van der Waals surface area contributed by atoms with Gasteiger partial charge in [0.25, 0.3) is 0 Å². The van der Waals surface area contributed by atoms with Gasteiger partial charge in [-0.1, -0.05) is 28.1 Å². The lowest BCUT2D eigenvalue weighted by Gasteiger charge is -2.07. The van der Waals surface area contributed by atoms with Crippen LogP contribution in [0.5, 0.6) is 0 Å². The summed E-state index contributed by atoms with van der Waals surface area (Å²) in [6.45, 7) is 2.12. The number of halogens is 1. The van der Waals surface area contributed by atoms with Crippen molar-refractivity contribution >= 4 is 27.6 Å². The van der Waals surface area contributed by atoms with E-state index in [4.69, 9.17) is 10.5 Å². The number of anilines is 1. The summed E-state index contributed by atoms with van der Waals surface area (Å²) >= 11 is 3.36. The van der Waals surface area contributed by atoms with E-state index in [0.717, 1.165) is 15.6 Å². The number of benzene rings is 2. The smallest absolute Gasteiger partial charge is 0.338 e. The first kappa shape index (κ1) is 13.6. The highest BCUT2D eigenvalue weighted by Gasteiger charge is 2.08. The average molecular weight is 320 g/mol. The van der Waals surface area contributed by atoms with Crippen LogP contribution in [0.4, 0.5) is 5.69 Å². The van der Waals surface area contributed by atoms with Gasteiger partial charge in [-0.15, -0.1) is 0 Å². The van der Waals surface area contributed by atoms with Crippen LogP contribution in [0.3, 0.4) is 0 Å². The van der Waals surface area contributed by atoms with E-state index in [-0.39, 0.29) is 12.6 Å². The Kier molecular flexibility index (Phi) is 4.22. The fourth-order valence-electron chi connectivity index (χ4n) is 1.62. The molecule has 0 spiro atoms. The van der Waals surface area contributed by atoms with Crippen LogP contribution in [0.1, 0.15) is 21.5 Å². The van der Waals surface area contributed by atoms with E-state index in [0.29, 0.717) is 11.3 Å². The Balaban J connectivity index is 2.01. The van der Waals surface area contributed by atoms with Gasteiger partial charge in [-0.3, -0.25) is 0 Å². The zero-order valence-corrected chi connectivity index (χ0v) is 12.1. The van der Waals surface area contributed by atoms with Gasteiger partial charge in [0.05, 0.1) is 5.56 Å². The Morgan fingerprint density at radius 2 is 1.89 bits per heavy atom. The summed E-state index contributed by atoms with van der Waals surface area (Å²) in [6, 6.07) is 12.8. The molecule has 0 radical (unpaired) electrons. The number of nitrogens with two attached hydrogens (primary N) is 1. The molecule has 0 saturated heterocycles. The number of carbonyl (C=O) groups excluding carboxylic acids is 1. The standard InChI is InChI=1S/C15H14BrNO2/c1-10-8-12(4-7-14(10)17)15(18)19-9-11-2-5-13(16)6-3-11/h2-8H,9,17H2,1H3. The molecule has 0 aliphatic carbocycles. The van der Waals surface area contributed by atoms with Crippen molar-refractivity contribution in [3.8, 4) is 0 Å². The van der Waals surface area contributed by atoms with Crippen molar-refractivity contribution in [2.75, 3.05) is 5.73 Å². The lowest BCUT2D eigenvalue weighted by atomic mass is 10.1. The van der Waals surface area contributed by atoms with Crippen molar-refractivity contribution in [3.05, 3.63) is 63.6 Å². The molecule has 2 aromatic carbocycles. The highest BCUT2D eigenvalue weighted by atomic mass is 79.9. The topological polar surface area (TPSA) is 52.3 Å². The maximum absolute atomic E-state index is 11.9. The number of rotatable bonds is 3. The second-order valence-electron chi connectivity index (χ2n) is 4.27. The Bertz CT molecular complexity index is 594. The molecule has 0 aromatic heterocycles. The molecule has 2 rings (SSSR count). The van der Waals surface area contributed by atoms with Gasteiger partial charge in [-0.25, -0.2) is 4.79 Å². The quantitative estimate of drug-likeness (QED) is 0.693. The van der Waals surface area contributed by atoms with E-state index < -0.39 is 0 Å². The predicted octanol–water partition coefficient (Wildman–Crippen LogP) is 3.70. The summed E-state index contributed by atoms with van der Waals surface area (Å²) in [5.74, 6) is -0.342. The minimum atomic E-state index is -0.342. The highest BCUT2D eigenvalue weighted by Crippen LogP contribution is 2.15. The lowest BCUT2D eigenvalue weighted by molar-refractivity contribution is 0.0472. The fraction of sp³-hybridized carbons (Fsp3) is 0.133. The summed E-state index contributed by atoms with van der Waals surface area (Å²) in [7, 11) is 0. The van der Waals surface area contributed by atoms with Gasteiger partial charge in [-0.2, -0.15) is 0 Å². The Morgan fingerprint density at radius 1 is 1.21 bits per heavy atom. The molecule has 3 nitrogen and oxygen atoms in total. The minimum absolute atomic E-state index is 0.259. The van der Waals surface area contributed by atoms with Crippen molar-refractivity contribution in [1.82, 2.24) is 0 Å². The largest absolute Gasteiger partial charge is 0.457 e. The first-order valence-corrected chi connectivity index (χ1v) is 6.63. The van der Waals surface area contributed by atoms with Gasteiger partial charge in [0.2, 0.25) is 0 Å². The molecule has 0 atom stereocenters. The monoisotopic (exact) mass is 319 g/mol. The van der Waals surface area contributed by atoms with Crippen LogP contribution in [0.2, 0.25) is 0 Å². The van der Waals surface area contributed by atoms with E-state index in [9.17, 15) is 4.79 Å². The molecule has 2 N–H and O–H groups in total. The number of esters is 1. The second-order valence-corrected chi connectivity index (χ2v) is 5.19. The number of ether oxygens (including phenoxy) is 1. The Morgan fingerprint density at radius 3 is 2.53 bits per heavy atom. The molecule has 19 heavy (non-hydrogen) atoms. The molecule has 0 aliphatic rings. The number of nitrogen functional groups attached to an aromatic ring is 1. The molecular weight excluding hydrogens is 306 g/mol. The Hall–Kier alpha value is -1.81. The van der Waals surface area contributed by atoms with Gasteiger partial charge in [0.15, 0.2) is 0 Å². The van der Waals surface area contributed by atoms with Crippen molar-refractivity contribution < 1.29 is 9.53 Å². The molecule has 0 aliphatic heterocycles. The van der Waals surface area contributed by atoms with Gasteiger partial charge < -0.3 is 10.5 Å². The van der Waals surface area contributed by atoms with E-state index in [2.05, 4.69) is 15.9 Å². The normalized spacial score (nSPS) is 10.2. The van der Waals surface area contributed by atoms with Crippen LogP contribution in [0.25, 0.3) is 0 Å². The minimum Gasteiger partial charge on any atom is -0.457 e. The number of aryl methyl sites for hydroxylation is 1.